The van der Waals surface area contributed by atoms with Crippen LogP contribution in [-0.2, 0) is 0 Å². The first-order chi connectivity index (χ1) is 18.1. The maximum atomic E-state index is 10.2. The van der Waals surface area contributed by atoms with Gasteiger partial charge in [-0.05, 0) is 87.5 Å². The summed E-state index contributed by atoms with van der Waals surface area (Å²) in [7, 11) is 1.57. The topological polar surface area (TPSA) is 45.1 Å². The van der Waals surface area contributed by atoms with Crippen molar-refractivity contribution in [3.05, 3.63) is 116 Å². The van der Waals surface area contributed by atoms with Crippen molar-refractivity contribution in [3.63, 3.8) is 0 Å². The van der Waals surface area contributed by atoms with Crippen LogP contribution in [0.2, 0.25) is 0 Å². The molecule has 0 bridgehead atoms. The number of halogens is 1. The van der Waals surface area contributed by atoms with Crippen molar-refractivity contribution < 1.29 is 9.84 Å². The number of anilines is 1. The van der Waals surface area contributed by atoms with Gasteiger partial charge in [-0.15, -0.1) is 0 Å². The van der Waals surface area contributed by atoms with Gasteiger partial charge in [0, 0.05) is 36.8 Å². The van der Waals surface area contributed by atoms with Gasteiger partial charge < -0.3 is 14.7 Å². The Kier molecular flexibility index (Phi) is 6.63. The first-order valence-electron chi connectivity index (χ1n) is 12.8. The van der Waals surface area contributed by atoms with Crippen LogP contribution in [0.3, 0.4) is 0 Å². The second-order valence-corrected chi connectivity index (χ2v) is 10.9. The smallest absolute Gasteiger partial charge is 0.171 e. The quantitative estimate of drug-likeness (QED) is 0.189. The largest absolute Gasteiger partial charge is 0.504 e. The molecule has 0 aromatic heterocycles. The van der Waals surface area contributed by atoms with Crippen LogP contribution in [0.4, 0.5) is 11.4 Å². The summed E-state index contributed by atoms with van der Waals surface area (Å²) in [5, 5.41) is 10.2. The molecule has 0 saturated heterocycles. The van der Waals surface area contributed by atoms with Gasteiger partial charge in [-0.1, -0.05) is 60.7 Å². The second kappa shape index (κ2) is 10.2. The number of aliphatic imine (C=N–C) groups is 1. The first kappa shape index (κ1) is 24.0. The fourth-order valence-corrected chi connectivity index (χ4v) is 6.51. The average Bonchev–Trinajstić information content (AvgIpc) is 2.95. The van der Waals surface area contributed by atoms with E-state index in [0.29, 0.717) is 17.6 Å². The van der Waals surface area contributed by atoms with E-state index in [1.165, 1.54) is 27.9 Å². The summed E-state index contributed by atoms with van der Waals surface area (Å²) in [4.78, 5) is 7.55. The van der Waals surface area contributed by atoms with Gasteiger partial charge in [0.1, 0.15) is 0 Å². The molecule has 0 aliphatic carbocycles. The minimum atomic E-state index is 0.162. The molecule has 2 aliphatic heterocycles. The zero-order valence-electron chi connectivity index (χ0n) is 20.8. The van der Waals surface area contributed by atoms with E-state index in [1.807, 2.05) is 18.3 Å². The van der Waals surface area contributed by atoms with E-state index in [-0.39, 0.29) is 5.75 Å². The molecule has 2 aliphatic rings. The summed E-state index contributed by atoms with van der Waals surface area (Å²) in [6.45, 7) is 2.16. The van der Waals surface area contributed by atoms with E-state index in [1.54, 1.807) is 7.11 Å². The monoisotopic (exact) mass is 600 g/mol. The van der Waals surface area contributed by atoms with Gasteiger partial charge in [-0.2, -0.15) is 0 Å². The lowest BCUT2D eigenvalue weighted by atomic mass is 9.76. The van der Waals surface area contributed by atoms with E-state index >= 15 is 0 Å². The number of aromatic hydroxyl groups is 1. The van der Waals surface area contributed by atoms with Crippen molar-refractivity contribution in [2.24, 2.45) is 4.99 Å². The third-order valence-corrected chi connectivity index (χ3v) is 8.46. The lowest BCUT2D eigenvalue weighted by Crippen LogP contribution is -2.37. The number of phenolic OH excluding ortho intramolecular Hbond substituents is 1. The summed E-state index contributed by atoms with van der Waals surface area (Å²) in [6.07, 6.45) is 4.08. The zero-order valence-corrected chi connectivity index (χ0v) is 22.9. The van der Waals surface area contributed by atoms with Crippen LogP contribution in [0.5, 0.6) is 11.5 Å². The molecule has 37 heavy (non-hydrogen) atoms. The molecule has 1 N–H and O–H groups in total. The van der Waals surface area contributed by atoms with Gasteiger partial charge in [-0.3, -0.25) is 4.99 Å². The van der Waals surface area contributed by atoms with E-state index < -0.39 is 0 Å². The summed E-state index contributed by atoms with van der Waals surface area (Å²) in [5.74, 6) is 1.32. The van der Waals surface area contributed by atoms with Crippen LogP contribution in [0.1, 0.15) is 52.5 Å². The van der Waals surface area contributed by atoms with Gasteiger partial charge in [0.2, 0.25) is 0 Å². The molecule has 0 radical (unpaired) electrons. The Morgan fingerprint density at radius 3 is 1.97 bits per heavy atom. The van der Waals surface area contributed by atoms with E-state index in [4.69, 9.17) is 9.73 Å². The Morgan fingerprint density at radius 1 is 0.865 bits per heavy atom. The number of rotatable bonds is 5. The highest BCUT2D eigenvalue weighted by molar-refractivity contribution is 14.1. The number of phenols is 1. The lowest BCUT2D eigenvalue weighted by Gasteiger charge is -2.43. The van der Waals surface area contributed by atoms with Crippen molar-refractivity contribution in [1.29, 1.82) is 0 Å². The predicted octanol–water partition coefficient (Wildman–Crippen LogP) is 7.63. The fourth-order valence-electron chi connectivity index (χ4n) is 5.89. The van der Waals surface area contributed by atoms with Crippen molar-refractivity contribution >= 4 is 40.2 Å². The summed E-state index contributed by atoms with van der Waals surface area (Å²) in [5.41, 5.74) is 8.74. The molecule has 4 aromatic rings. The zero-order chi connectivity index (χ0) is 25.4. The van der Waals surface area contributed by atoms with Gasteiger partial charge in [-0.25, -0.2) is 0 Å². The molecule has 4 aromatic carbocycles. The molecule has 2 atom stereocenters. The number of hydrogen-bond acceptors (Lipinski definition) is 4. The van der Waals surface area contributed by atoms with Crippen LogP contribution in [0.15, 0.2) is 89.9 Å². The molecule has 0 fully saturated rings. The van der Waals surface area contributed by atoms with Crippen molar-refractivity contribution in [2.75, 3.05) is 25.1 Å². The van der Waals surface area contributed by atoms with Gasteiger partial charge >= 0.3 is 0 Å². The molecule has 0 spiro atoms. The maximum absolute atomic E-state index is 10.2. The highest BCUT2D eigenvalue weighted by atomic mass is 127. The van der Waals surface area contributed by atoms with E-state index in [9.17, 15) is 5.11 Å². The van der Waals surface area contributed by atoms with Crippen molar-refractivity contribution in [1.82, 2.24) is 0 Å². The molecular formula is C32H29IN2O2. The van der Waals surface area contributed by atoms with Crippen LogP contribution < -0.4 is 9.64 Å². The molecule has 0 saturated carbocycles. The first-order valence-corrected chi connectivity index (χ1v) is 13.8. The third kappa shape index (κ3) is 4.61. The number of benzene rings is 4. The molecule has 2 heterocycles. The minimum Gasteiger partial charge on any atom is -0.504 e. The van der Waals surface area contributed by atoms with E-state index in [0.717, 1.165) is 40.8 Å². The summed E-state index contributed by atoms with van der Waals surface area (Å²) >= 11 is 2.12. The Labute approximate surface area is 231 Å². The molecule has 5 heteroatoms. The normalized spacial score (nSPS) is 18.6. The highest BCUT2D eigenvalue weighted by Crippen LogP contribution is 2.50. The van der Waals surface area contributed by atoms with E-state index in [2.05, 4.69) is 100 Å². The Morgan fingerprint density at radius 2 is 1.43 bits per heavy atom. The highest BCUT2D eigenvalue weighted by Gasteiger charge is 2.35. The summed E-state index contributed by atoms with van der Waals surface area (Å²) < 4.78 is 6.09. The Bertz CT molecular complexity index is 1380. The Balaban J connectivity index is 1.49. The third-order valence-electron chi connectivity index (χ3n) is 7.63. The number of nitrogens with zero attached hydrogens (tertiary/aromatic N) is 2. The molecule has 0 amide bonds. The SMILES string of the molecule is COc1cc(C=Nc2cc3c4c(c2)[C@H](c2ccccc2)CCN4CC[C@@H]3c2ccccc2)cc(I)c1O. The number of ether oxygens (including phenoxy) is 1. The molecule has 186 valence electrons. The van der Waals surface area contributed by atoms with Gasteiger partial charge in [0.05, 0.1) is 16.4 Å². The van der Waals surface area contributed by atoms with Crippen LogP contribution in [0, 0.1) is 3.57 Å². The second-order valence-electron chi connectivity index (χ2n) is 9.78. The molecule has 0 unspecified atom stereocenters. The minimum absolute atomic E-state index is 0.162. The summed E-state index contributed by atoms with van der Waals surface area (Å²) in [6, 6.07) is 30.1. The molecule has 4 nitrogen and oxygen atoms in total. The van der Waals surface area contributed by atoms with Gasteiger partial charge in [0.25, 0.3) is 0 Å². The average molecular weight is 601 g/mol. The number of hydrogen-bond donors (Lipinski definition) is 1. The standard InChI is InChI=1S/C32H29IN2O2/c1-37-30-17-21(16-29(33)32(30)36)20-34-24-18-27-25(22-8-4-2-5-9-22)12-14-35-15-13-26(28(19-24)31(27)35)23-10-6-3-7-11-23/h2-11,16-20,25-26,36H,12-15H2,1H3/t25-,26+. The van der Waals surface area contributed by atoms with Crippen LogP contribution in [0.25, 0.3) is 0 Å². The van der Waals surface area contributed by atoms with Crippen molar-refractivity contribution in [2.45, 2.75) is 24.7 Å². The Hall–Kier alpha value is -3.32. The maximum Gasteiger partial charge on any atom is 0.171 e. The number of methoxy groups -OCH3 is 1. The lowest BCUT2D eigenvalue weighted by molar-refractivity contribution is 0.371. The van der Waals surface area contributed by atoms with Gasteiger partial charge in [0.15, 0.2) is 11.5 Å². The fraction of sp³-hybridized carbons (Fsp3) is 0.219. The van der Waals surface area contributed by atoms with Crippen molar-refractivity contribution in [3.8, 4) is 11.5 Å². The van der Waals surface area contributed by atoms with Crippen LogP contribution >= 0.6 is 22.6 Å². The molecular weight excluding hydrogens is 571 g/mol. The molecule has 6 rings (SSSR count). The van der Waals surface area contributed by atoms with Crippen LogP contribution in [-0.4, -0.2) is 31.5 Å². The predicted molar refractivity (Wildman–Crippen MR) is 159 cm³/mol.